The second-order valence-electron chi connectivity index (χ2n) is 4.25. The van der Waals surface area contributed by atoms with E-state index in [9.17, 15) is 18.5 Å². The lowest BCUT2D eigenvalue weighted by Gasteiger charge is -2.19. The Hall–Kier alpha value is -1.47. The van der Waals surface area contributed by atoms with E-state index in [-0.39, 0.29) is 23.7 Å². The minimum atomic E-state index is -3.82. The van der Waals surface area contributed by atoms with Gasteiger partial charge in [0.1, 0.15) is 0 Å². The van der Waals surface area contributed by atoms with E-state index in [1.165, 1.54) is 16.4 Å². The van der Waals surface area contributed by atoms with Crippen LogP contribution in [-0.2, 0) is 10.0 Å². The van der Waals surface area contributed by atoms with Crippen molar-refractivity contribution in [1.29, 1.82) is 0 Å². The highest BCUT2D eigenvalue weighted by Crippen LogP contribution is 2.29. The smallest absolute Gasteiger partial charge is 0.258 e. The maximum atomic E-state index is 12.4. The second kappa shape index (κ2) is 5.66. The Balaban J connectivity index is 3.58. The molecule has 0 fully saturated rings. The minimum absolute atomic E-state index is 0.232. The predicted molar refractivity (Wildman–Crippen MR) is 72.7 cm³/mol. The molecule has 0 saturated heterocycles. The van der Waals surface area contributed by atoms with Crippen LogP contribution in [0.2, 0.25) is 0 Å². The third-order valence-electron chi connectivity index (χ3n) is 3.10. The van der Waals surface area contributed by atoms with Crippen LogP contribution in [0.15, 0.2) is 17.0 Å². The molecule has 19 heavy (non-hydrogen) atoms. The fourth-order valence-corrected chi connectivity index (χ4v) is 3.51. The summed E-state index contributed by atoms with van der Waals surface area (Å²) in [6.07, 6.45) is 0. The predicted octanol–water partition coefficient (Wildman–Crippen LogP) is 2.24. The van der Waals surface area contributed by atoms with Gasteiger partial charge in [0.05, 0.1) is 4.92 Å². The molecule has 7 heteroatoms. The van der Waals surface area contributed by atoms with Gasteiger partial charge < -0.3 is 0 Å². The largest absolute Gasteiger partial charge is 0.289 e. The van der Waals surface area contributed by atoms with Crippen molar-refractivity contribution in [2.24, 2.45) is 0 Å². The molecule has 0 aliphatic carbocycles. The molecule has 0 atom stereocenters. The van der Waals surface area contributed by atoms with E-state index < -0.39 is 14.9 Å². The first-order valence-electron chi connectivity index (χ1n) is 6.01. The Kier molecular flexibility index (Phi) is 4.65. The number of aryl methyl sites for hydroxylation is 2. The van der Waals surface area contributed by atoms with E-state index in [4.69, 9.17) is 0 Å². The molecule has 0 aromatic heterocycles. The summed E-state index contributed by atoms with van der Waals surface area (Å²) in [5.74, 6) is 0. The van der Waals surface area contributed by atoms with E-state index in [2.05, 4.69) is 0 Å². The highest BCUT2D eigenvalue weighted by molar-refractivity contribution is 7.89. The highest BCUT2D eigenvalue weighted by Gasteiger charge is 2.30. The van der Waals surface area contributed by atoms with Crippen molar-refractivity contribution in [2.75, 3.05) is 13.1 Å². The molecule has 1 rings (SSSR count). The lowest BCUT2D eigenvalue weighted by atomic mass is 10.1. The van der Waals surface area contributed by atoms with Crippen molar-refractivity contribution in [2.45, 2.75) is 32.6 Å². The first kappa shape index (κ1) is 15.6. The van der Waals surface area contributed by atoms with Crippen LogP contribution in [0.1, 0.15) is 25.0 Å². The van der Waals surface area contributed by atoms with Crippen LogP contribution < -0.4 is 0 Å². The molecule has 1 aromatic carbocycles. The average Bonchev–Trinajstić information content (AvgIpc) is 2.32. The molecule has 0 radical (unpaired) electrons. The maximum absolute atomic E-state index is 12.4. The quantitative estimate of drug-likeness (QED) is 0.614. The fraction of sp³-hybridized carbons (Fsp3) is 0.500. The maximum Gasteiger partial charge on any atom is 0.289 e. The summed E-state index contributed by atoms with van der Waals surface area (Å²) in [4.78, 5) is 10.2. The van der Waals surface area contributed by atoms with Crippen LogP contribution >= 0.6 is 0 Å². The summed E-state index contributed by atoms with van der Waals surface area (Å²) in [6.45, 7) is 7.42. The lowest BCUT2D eigenvalue weighted by Crippen LogP contribution is -2.31. The molecule has 1 aromatic rings. The van der Waals surface area contributed by atoms with Gasteiger partial charge in [0, 0.05) is 19.2 Å². The first-order chi connectivity index (χ1) is 8.75. The third-order valence-corrected chi connectivity index (χ3v) is 5.17. The van der Waals surface area contributed by atoms with Crippen LogP contribution in [0, 0.1) is 24.0 Å². The minimum Gasteiger partial charge on any atom is -0.258 e. The average molecular weight is 286 g/mol. The Morgan fingerprint density at radius 2 is 1.63 bits per heavy atom. The first-order valence-corrected chi connectivity index (χ1v) is 7.45. The summed E-state index contributed by atoms with van der Waals surface area (Å²) in [6, 6.07) is 2.69. The molecule has 106 valence electrons. The Bertz CT molecular complexity index is 592. The van der Waals surface area contributed by atoms with Crippen molar-refractivity contribution in [3.63, 3.8) is 0 Å². The Morgan fingerprint density at radius 3 is 2.05 bits per heavy atom. The van der Waals surface area contributed by atoms with Gasteiger partial charge in [-0.3, -0.25) is 10.1 Å². The molecule has 6 nitrogen and oxygen atoms in total. The molecule has 0 spiro atoms. The van der Waals surface area contributed by atoms with Gasteiger partial charge in [0.2, 0.25) is 10.0 Å². The van der Waals surface area contributed by atoms with E-state index >= 15 is 0 Å². The van der Waals surface area contributed by atoms with Gasteiger partial charge in [-0.25, -0.2) is 8.42 Å². The van der Waals surface area contributed by atoms with E-state index in [1.54, 1.807) is 27.7 Å². The van der Waals surface area contributed by atoms with Crippen molar-refractivity contribution in [1.82, 2.24) is 4.31 Å². The molecule has 0 heterocycles. The van der Waals surface area contributed by atoms with Gasteiger partial charge >= 0.3 is 0 Å². The zero-order valence-electron chi connectivity index (χ0n) is 11.5. The van der Waals surface area contributed by atoms with Crippen molar-refractivity contribution in [3.05, 3.63) is 33.4 Å². The van der Waals surface area contributed by atoms with Crippen molar-refractivity contribution >= 4 is 15.7 Å². The molecular weight excluding hydrogens is 268 g/mol. The normalized spacial score (nSPS) is 11.8. The molecule has 0 bridgehead atoms. The van der Waals surface area contributed by atoms with Crippen LogP contribution in [0.3, 0.4) is 0 Å². The summed E-state index contributed by atoms with van der Waals surface area (Å²) < 4.78 is 26.0. The number of benzene rings is 1. The summed E-state index contributed by atoms with van der Waals surface area (Å²) >= 11 is 0. The molecule has 0 unspecified atom stereocenters. The molecule has 0 aliphatic heterocycles. The Morgan fingerprint density at radius 1 is 1.16 bits per heavy atom. The number of hydrogen-bond acceptors (Lipinski definition) is 4. The monoisotopic (exact) mass is 286 g/mol. The highest BCUT2D eigenvalue weighted by atomic mass is 32.2. The number of sulfonamides is 1. The number of rotatable bonds is 5. The number of nitro benzene ring substituents is 1. The molecule has 0 N–H and O–H groups in total. The van der Waals surface area contributed by atoms with Crippen molar-refractivity contribution in [3.8, 4) is 0 Å². The summed E-state index contributed by atoms with van der Waals surface area (Å²) in [5, 5.41) is 11.1. The fourth-order valence-electron chi connectivity index (χ4n) is 1.83. The number of nitro groups is 1. The lowest BCUT2D eigenvalue weighted by molar-refractivity contribution is -0.387. The second-order valence-corrected chi connectivity index (χ2v) is 6.16. The number of hydrogen-bond donors (Lipinski definition) is 0. The zero-order chi connectivity index (χ0) is 14.8. The van der Waals surface area contributed by atoms with Gasteiger partial charge in [-0.1, -0.05) is 13.8 Å². The van der Waals surface area contributed by atoms with Crippen LogP contribution in [-0.4, -0.2) is 30.7 Å². The van der Waals surface area contributed by atoms with Crippen molar-refractivity contribution < 1.29 is 13.3 Å². The molecule has 0 saturated carbocycles. The van der Waals surface area contributed by atoms with Gasteiger partial charge in [-0.05, 0) is 31.0 Å². The van der Waals surface area contributed by atoms with E-state index in [1.807, 2.05) is 0 Å². The van der Waals surface area contributed by atoms with E-state index in [0.29, 0.717) is 5.56 Å². The molecule has 0 amide bonds. The van der Waals surface area contributed by atoms with Gasteiger partial charge in [-0.2, -0.15) is 4.31 Å². The third kappa shape index (κ3) is 2.93. The van der Waals surface area contributed by atoms with Gasteiger partial charge in [-0.15, -0.1) is 0 Å². The molecule has 0 aliphatic rings. The SMILES string of the molecule is CCN(CC)S(=O)(=O)c1cc(C)c(C)cc1[N+](=O)[O-]. The van der Waals surface area contributed by atoms with Gasteiger partial charge in [0.25, 0.3) is 5.69 Å². The zero-order valence-corrected chi connectivity index (χ0v) is 12.3. The summed E-state index contributed by atoms with van der Waals surface area (Å²) in [5.41, 5.74) is 1.05. The van der Waals surface area contributed by atoms with Crippen LogP contribution in [0.5, 0.6) is 0 Å². The molecular formula is C12H18N2O4S. The topological polar surface area (TPSA) is 80.5 Å². The van der Waals surface area contributed by atoms with Gasteiger partial charge in [0.15, 0.2) is 4.90 Å². The van der Waals surface area contributed by atoms with E-state index in [0.717, 1.165) is 5.56 Å². The summed E-state index contributed by atoms with van der Waals surface area (Å²) in [7, 11) is -3.82. The van der Waals surface area contributed by atoms with Crippen LogP contribution in [0.4, 0.5) is 5.69 Å². The standard InChI is InChI=1S/C12H18N2O4S/c1-5-13(6-2)19(17,18)12-8-10(4)9(3)7-11(12)14(15)16/h7-8H,5-6H2,1-4H3. The van der Waals surface area contributed by atoms with Crippen LogP contribution in [0.25, 0.3) is 0 Å². The number of nitrogens with zero attached hydrogens (tertiary/aromatic N) is 2. The Labute approximate surface area is 113 Å².